The van der Waals surface area contributed by atoms with Crippen LogP contribution in [0.15, 0.2) is 35.0 Å². The molecule has 0 aliphatic heterocycles. The summed E-state index contributed by atoms with van der Waals surface area (Å²) in [6.45, 7) is 0.488. The lowest BCUT2D eigenvalue weighted by molar-refractivity contribution is -0.121. The standard InChI is InChI=1S/C12H15NO2/c14-12(8-10-4-1-2-5-10)13-9-11-6-3-7-15-11/h1,3-4,6-7,10H,2,5,8-9H2,(H,13,14). The average Bonchev–Trinajstić information content (AvgIpc) is 2.86. The quantitative estimate of drug-likeness (QED) is 0.766. The van der Waals surface area contributed by atoms with Gasteiger partial charge in [-0.3, -0.25) is 4.79 Å². The first kappa shape index (κ1) is 10.0. The summed E-state index contributed by atoms with van der Waals surface area (Å²) in [5.74, 6) is 1.33. The van der Waals surface area contributed by atoms with Gasteiger partial charge in [0.25, 0.3) is 0 Å². The average molecular weight is 205 g/mol. The van der Waals surface area contributed by atoms with Crippen LogP contribution in [0, 0.1) is 5.92 Å². The van der Waals surface area contributed by atoms with Crippen molar-refractivity contribution in [1.82, 2.24) is 5.32 Å². The predicted molar refractivity (Wildman–Crippen MR) is 57.0 cm³/mol. The molecule has 1 unspecified atom stereocenters. The van der Waals surface area contributed by atoms with Gasteiger partial charge in [0.05, 0.1) is 12.8 Å². The minimum absolute atomic E-state index is 0.1000. The maximum absolute atomic E-state index is 11.5. The van der Waals surface area contributed by atoms with E-state index in [1.165, 1.54) is 0 Å². The first-order valence-corrected chi connectivity index (χ1v) is 5.30. The number of furan rings is 1. The molecule has 1 N–H and O–H groups in total. The van der Waals surface area contributed by atoms with Crippen molar-refractivity contribution in [2.24, 2.45) is 5.92 Å². The molecule has 3 nitrogen and oxygen atoms in total. The van der Waals surface area contributed by atoms with Crippen molar-refractivity contribution >= 4 is 5.91 Å². The maximum Gasteiger partial charge on any atom is 0.220 e. The molecule has 0 fully saturated rings. The summed E-state index contributed by atoms with van der Waals surface area (Å²) < 4.78 is 5.13. The lowest BCUT2D eigenvalue weighted by atomic mass is 10.1. The molecule has 1 heterocycles. The summed E-state index contributed by atoms with van der Waals surface area (Å²) in [5, 5.41) is 2.85. The molecule has 0 saturated heterocycles. The third kappa shape index (κ3) is 2.98. The van der Waals surface area contributed by atoms with Gasteiger partial charge >= 0.3 is 0 Å². The summed E-state index contributed by atoms with van der Waals surface area (Å²) >= 11 is 0. The summed E-state index contributed by atoms with van der Waals surface area (Å²) in [4.78, 5) is 11.5. The summed E-state index contributed by atoms with van der Waals surface area (Å²) in [6, 6.07) is 3.68. The number of carbonyl (C=O) groups is 1. The second-order valence-corrected chi connectivity index (χ2v) is 3.83. The van der Waals surface area contributed by atoms with Crippen molar-refractivity contribution in [3.63, 3.8) is 0 Å². The number of nitrogens with one attached hydrogen (secondary N) is 1. The van der Waals surface area contributed by atoms with Crippen LogP contribution >= 0.6 is 0 Å². The van der Waals surface area contributed by atoms with Gasteiger partial charge in [-0.15, -0.1) is 0 Å². The number of allylic oxidation sites excluding steroid dienone is 2. The van der Waals surface area contributed by atoms with Crippen LogP contribution in [-0.4, -0.2) is 5.91 Å². The topological polar surface area (TPSA) is 42.2 Å². The normalized spacial score (nSPS) is 19.3. The Morgan fingerprint density at radius 1 is 1.60 bits per heavy atom. The highest BCUT2D eigenvalue weighted by molar-refractivity contribution is 5.76. The molecule has 1 aliphatic rings. The lowest BCUT2D eigenvalue weighted by Crippen LogP contribution is -2.24. The van der Waals surface area contributed by atoms with Gasteiger partial charge in [0.15, 0.2) is 0 Å². The van der Waals surface area contributed by atoms with Gasteiger partial charge in [0.2, 0.25) is 5.91 Å². The van der Waals surface area contributed by atoms with Gasteiger partial charge in [0.1, 0.15) is 5.76 Å². The van der Waals surface area contributed by atoms with E-state index in [4.69, 9.17) is 4.42 Å². The number of carbonyl (C=O) groups excluding carboxylic acids is 1. The van der Waals surface area contributed by atoms with Gasteiger partial charge in [-0.25, -0.2) is 0 Å². The summed E-state index contributed by atoms with van der Waals surface area (Å²) in [7, 11) is 0. The fourth-order valence-electron chi connectivity index (χ4n) is 1.77. The molecule has 1 amide bonds. The Labute approximate surface area is 89.2 Å². The Morgan fingerprint density at radius 3 is 3.20 bits per heavy atom. The van der Waals surface area contributed by atoms with Crippen molar-refractivity contribution in [3.05, 3.63) is 36.3 Å². The van der Waals surface area contributed by atoms with Gasteiger partial charge in [0, 0.05) is 6.42 Å². The van der Waals surface area contributed by atoms with Crippen molar-refractivity contribution in [3.8, 4) is 0 Å². The van der Waals surface area contributed by atoms with E-state index in [2.05, 4.69) is 17.5 Å². The highest BCUT2D eigenvalue weighted by atomic mass is 16.3. The largest absolute Gasteiger partial charge is 0.467 e. The molecule has 0 bridgehead atoms. The Morgan fingerprint density at radius 2 is 2.53 bits per heavy atom. The first-order valence-electron chi connectivity index (χ1n) is 5.30. The van der Waals surface area contributed by atoms with Crippen LogP contribution in [0.3, 0.4) is 0 Å². The second kappa shape index (κ2) is 4.82. The molecule has 80 valence electrons. The van der Waals surface area contributed by atoms with Crippen LogP contribution in [-0.2, 0) is 11.3 Å². The van der Waals surface area contributed by atoms with Crippen LogP contribution in [0.4, 0.5) is 0 Å². The van der Waals surface area contributed by atoms with Crippen molar-refractivity contribution in [2.75, 3.05) is 0 Å². The van der Waals surface area contributed by atoms with Crippen LogP contribution in [0.2, 0.25) is 0 Å². The van der Waals surface area contributed by atoms with E-state index in [1.807, 2.05) is 12.1 Å². The van der Waals surface area contributed by atoms with Crippen LogP contribution < -0.4 is 5.32 Å². The molecule has 1 aromatic rings. The van der Waals surface area contributed by atoms with E-state index in [0.29, 0.717) is 18.9 Å². The van der Waals surface area contributed by atoms with Crippen molar-refractivity contribution in [2.45, 2.75) is 25.8 Å². The van der Waals surface area contributed by atoms with E-state index in [9.17, 15) is 4.79 Å². The smallest absolute Gasteiger partial charge is 0.220 e. The van der Waals surface area contributed by atoms with Gasteiger partial charge < -0.3 is 9.73 Å². The predicted octanol–water partition coefficient (Wildman–Crippen LogP) is 2.25. The number of rotatable bonds is 4. The van der Waals surface area contributed by atoms with E-state index in [0.717, 1.165) is 18.6 Å². The molecule has 0 spiro atoms. The molecule has 0 radical (unpaired) electrons. The SMILES string of the molecule is O=C(CC1C=CCC1)NCc1ccco1. The fraction of sp³-hybridized carbons (Fsp3) is 0.417. The second-order valence-electron chi connectivity index (χ2n) is 3.83. The Kier molecular flexibility index (Phi) is 3.22. The van der Waals surface area contributed by atoms with Gasteiger partial charge in [-0.1, -0.05) is 12.2 Å². The van der Waals surface area contributed by atoms with E-state index >= 15 is 0 Å². The van der Waals surface area contributed by atoms with Crippen LogP contribution in [0.5, 0.6) is 0 Å². The van der Waals surface area contributed by atoms with E-state index < -0.39 is 0 Å². The molecule has 1 aromatic heterocycles. The molecule has 1 aliphatic carbocycles. The van der Waals surface area contributed by atoms with E-state index in [1.54, 1.807) is 6.26 Å². The monoisotopic (exact) mass is 205 g/mol. The van der Waals surface area contributed by atoms with Gasteiger partial charge in [-0.2, -0.15) is 0 Å². The van der Waals surface area contributed by atoms with Crippen molar-refractivity contribution in [1.29, 1.82) is 0 Å². The first-order chi connectivity index (χ1) is 7.34. The Hall–Kier alpha value is -1.51. The summed E-state index contributed by atoms with van der Waals surface area (Å²) in [6.07, 6.45) is 8.69. The third-order valence-electron chi connectivity index (χ3n) is 2.60. The number of hydrogen-bond acceptors (Lipinski definition) is 2. The molecular weight excluding hydrogens is 190 g/mol. The minimum atomic E-state index is 0.1000. The van der Waals surface area contributed by atoms with E-state index in [-0.39, 0.29) is 5.91 Å². The maximum atomic E-state index is 11.5. The molecule has 1 atom stereocenters. The molecule has 0 aromatic carbocycles. The molecular formula is C12H15NO2. The fourth-order valence-corrected chi connectivity index (χ4v) is 1.77. The Bertz CT molecular complexity index is 341. The molecule has 0 saturated carbocycles. The molecule has 2 rings (SSSR count). The van der Waals surface area contributed by atoms with Crippen LogP contribution in [0.25, 0.3) is 0 Å². The van der Waals surface area contributed by atoms with Gasteiger partial charge in [-0.05, 0) is 30.9 Å². The lowest BCUT2D eigenvalue weighted by Gasteiger charge is -2.07. The van der Waals surface area contributed by atoms with Crippen molar-refractivity contribution < 1.29 is 9.21 Å². The highest BCUT2D eigenvalue weighted by Gasteiger charge is 2.13. The zero-order valence-electron chi connectivity index (χ0n) is 8.61. The Balaban J connectivity index is 1.70. The third-order valence-corrected chi connectivity index (χ3v) is 2.60. The zero-order valence-corrected chi connectivity index (χ0v) is 8.61. The zero-order chi connectivity index (χ0) is 10.5. The minimum Gasteiger partial charge on any atom is -0.467 e. The number of amides is 1. The molecule has 15 heavy (non-hydrogen) atoms. The molecule has 3 heteroatoms. The highest BCUT2D eigenvalue weighted by Crippen LogP contribution is 2.19. The summed E-state index contributed by atoms with van der Waals surface area (Å²) in [5.41, 5.74) is 0. The van der Waals surface area contributed by atoms with Crippen LogP contribution in [0.1, 0.15) is 25.0 Å². The number of hydrogen-bond donors (Lipinski definition) is 1.